The van der Waals surface area contributed by atoms with Gasteiger partial charge in [-0.2, -0.15) is 0 Å². The molecule has 20 heavy (non-hydrogen) atoms. The second kappa shape index (κ2) is 5.93. The summed E-state index contributed by atoms with van der Waals surface area (Å²) in [6.07, 6.45) is 3.44. The maximum atomic E-state index is 11.5. The second-order valence-corrected chi connectivity index (χ2v) is 4.30. The van der Waals surface area contributed by atoms with Crippen LogP contribution in [0, 0.1) is 10.1 Å². The largest absolute Gasteiger partial charge is 0.294 e. The van der Waals surface area contributed by atoms with Crippen LogP contribution in [-0.4, -0.2) is 10.7 Å². The first kappa shape index (κ1) is 13.7. The molecule has 2 aromatic carbocycles. The van der Waals surface area contributed by atoms with Crippen molar-refractivity contribution >= 4 is 23.6 Å². The number of benzene rings is 2. The Labute approximate surface area is 116 Å². The SMILES string of the molecule is CC(=O)c1cccc(/C=C/c2ccccc2)c1[N+](=O)[O-]. The van der Waals surface area contributed by atoms with E-state index in [2.05, 4.69) is 0 Å². The molecule has 0 aromatic heterocycles. The minimum absolute atomic E-state index is 0.130. The van der Waals surface area contributed by atoms with Gasteiger partial charge in [0, 0.05) is 0 Å². The third kappa shape index (κ3) is 2.98. The number of ketones is 1. The molecule has 0 heterocycles. The zero-order valence-corrected chi connectivity index (χ0v) is 10.9. The zero-order chi connectivity index (χ0) is 14.5. The average Bonchev–Trinajstić information content (AvgIpc) is 2.45. The minimum atomic E-state index is -0.513. The van der Waals surface area contributed by atoms with Gasteiger partial charge in [0.1, 0.15) is 0 Å². The van der Waals surface area contributed by atoms with Crippen LogP contribution in [0.4, 0.5) is 5.69 Å². The van der Waals surface area contributed by atoms with Gasteiger partial charge in [-0.3, -0.25) is 14.9 Å². The maximum absolute atomic E-state index is 11.5. The predicted octanol–water partition coefficient (Wildman–Crippen LogP) is 3.97. The van der Waals surface area contributed by atoms with Gasteiger partial charge in [-0.05, 0) is 30.7 Å². The molecule has 2 aromatic rings. The van der Waals surface area contributed by atoms with Crippen molar-refractivity contribution in [3.8, 4) is 0 Å². The normalized spacial score (nSPS) is 10.7. The Morgan fingerprint density at radius 2 is 1.75 bits per heavy atom. The molecule has 4 nitrogen and oxygen atoms in total. The molecular weight excluding hydrogens is 254 g/mol. The molecule has 0 bridgehead atoms. The van der Waals surface area contributed by atoms with E-state index >= 15 is 0 Å². The molecule has 0 unspecified atom stereocenters. The summed E-state index contributed by atoms with van der Waals surface area (Å²) in [5.41, 5.74) is 1.35. The number of carbonyl (C=O) groups excluding carboxylic acids is 1. The van der Waals surface area contributed by atoms with Crippen LogP contribution in [0.2, 0.25) is 0 Å². The number of hydrogen-bond donors (Lipinski definition) is 0. The summed E-state index contributed by atoms with van der Waals surface area (Å²) in [5.74, 6) is -0.313. The summed E-state index contributed by atoms with van der Waals surface area (Å²) in [5, 5.41) is 11.2. The molecule has 4 heteroatoms. The van der Waals surface area contributed by atoms with E-state index in [1.807, 2.05) is 30.3 Å². The van der Waals surface area contributed by atoms with Crippen molar-refractivity contribution in [3.05, 3.63) is 75.3 Å². The molecule has 0 saturated carbocycles. The van der Waals surface area contributed by atoms with Gasteiger partial charge in [-0.1, -0.05) is 42.5 Å². The van der Waals surface area contributed by atoms with E-state index in [0.717, 1.165) is 5.56 Å². The van der Waals surface area contributed by atoms with Gasteiger partial charge in [0.25, 0.3) is 5.69 Å². The summed E-state index contributed by atoms with van der Waals surface area (Å²) in [6, 6.07) is 14.2. The Bertz CT molecular complexity index is 675. The highest BCUT2D eigenvalue weighted by Gasteiger charge is 2.20. The van der Waals surface area contributed by atoms with Crippen molar-refractivity contribution < 1.29 is 9.72 Å². The first-order valence-electron chi connectivity index (χ1n) is 6.11. The number of nitro groups is 1. The Morgan fingerprint density at radius 1 is 1.05 bits per heavy atom. The van der Waals surface area contributed by atoms with E-state index in [0.29, 0.717) is 5.56 Å². The van der Waals surface area contributed by atoms with E-state index in [1.54, 1.807) is 24.3 Å². The third-order valence-electron chi connectivity index (χ3n) is 2.88. The predicted molar refractivity (Wildman–Crippen MR) is 78.5 cm³/mol. The Balaban J connectivity index is 2.47. The highest BCUT2D eigenvalue weighted by molar-refractivity contribution is 5.99. The summed E-state index contributed by atoms with van der Waals surface area (Å²) >= 11 is 0. The quantitative estimate of drug-likeness (QED) is 0.364. The van der Waals surface area contributed by atoms with Crippen molar-refractivity contribution in [1.82, 2.24) is 0 Å². The number of nitrogens with zero attached hydrogens (tertiary/aromatic N) is 1. The van der Waals surface area contributed by atoms with Gasteiger partial charge >= 0.3 is 0 Å². The number of hydrogen-bond acceptors (Lipinski definition) is 3. The minimum Gasteiger partial charge on any atom is -0.294 e. The van der Waals surface area contributed by atoms with Crippen molar-refractivity contribution in [1.29, 1.82) is 0 Å². The van der Waals surface area contributed by atoms with Crippen LogP contribution < -0.4 is 0 Å². The van der Waals surface area contributed by atoms with Crippen LogP contribution in [0.3, 0.4) is 0 Å². The van der Waals surface area contributed by atoms with Crippen LogP contribution in [0.25, 0.3) is 12.2 Å². The number of nitro benzene ring substituents is 1. The summed E-state index contributed by atoms with van der Waals surface area (Å²) < 4.78 is 0. The fraction of sp³-hybridized carbons (Fsp3) is 0.0625. The van der Waals surface area contributed by atoms with Gasteiger partial charge in [0.05, 0.1) is 16.1 Å². The molecule has 0 radical (unpaired) electrons. The number of carbonyl (C=O) groups is 1. The molecule has 0 spiro atoms. The molecular formula is C16H13NO3. The Kier molecular flexibility index (Phi) is 4.05. The van der Waals surface area contributed by atoms with Crippen molar-refractivity contribution in [2.75, 3.05) is 0 Å². The Morgan fingerprint density at radius 3 is 2.35 bits per heavy atom. The second-order valence-electron chi connectivity index (χ2n) is 4.30. The fourth-order valence-corrected chi connectivity index (χ4v) is 1.93. The number of Topliss-reactive ketones (excluding diaryl/α,β-unsaturated/α-hetero) is 1. The van der Waals surface area contributed by atoms with E-state index in [9.17, 15) is 14.9 Å². The lowest BCUT2D eigenvalue weighted by molar-refractivity contribution is -0.385. The standard InChI is InChI=1S/C16H13NO3/c1-12(18)15-9-5-8-14(16(15)17(19)20)11-10-13-6-3-2-4-7-13/h2-11H,1H3/b11-10+. The van der Waals surface area contributed by atoms with Gasteiger partial charge in [-0.25, -0.2) is 0 Å². The summed E-state index contributed by atoms with van der Waals surface area (Å²) in [4.78, 5) is 22.1. The van der Waals surface area contributed by atoms with Gasteiger partial charge in [-0.15, -0.1) is 0 Å². The summed E-state index contributed by atoms with van der Waals surface area (Å²) in [7, 11) is 0. The maximum Gasteiger partial charge on any atom is 0.287 e. The van der Waals surface area contributed by atoms with Crippen LogP contribution in [0.15, 0.2) is 48.5 Å². The van der Waals surface area contributed by atoms with Crippen LogP contribution in [0.5, 0.6) is 0 Å². The van der Waals surface area contributed by atoms with Crippen molar-refractivity contribution in [3.63, 3.8) is 0 Å². The van der Waals surface area contributed by atoms with Crippen LogP contribution in [-0.2, 0) is 0 Å². The first-order valence-corrected chi connectivity index (χ1v) is 6.11. The molecule has 0 atom stereocenters. The van der Waals surface area contributed by atoms with Crippen LogP contribution in [0.1, 0.15) is 28.4 Å². The summed E-state index contributed by atoms with van der Waals surface area (Å²) in [6.45, 7) is 1.33. The van der Waals surface area contributed by atoms with E-state index in [-0.39, 0.29) is 17.0 Å². The van der Waals surface area contributed by atoms with E-state index < -0.39 is 4.92 Å². The number of para-hydroxylation sites is 1. The molecule has 0 aliphatic carbocycles. The lowest BCUT2D eigenvalue weighted by atomic mass is 10.0. The zero-order valence-electron chi connectivity index (χ0n) is 10.9. The van der Waals surface area contributed by atoms with E-state index in [1.165, 1.54) is 13.0 Å². The topological polar surface area (TPSA) is 60.2 Å². The lowest BCUT2D eigenvalue weighted by Gasteiger charge is -2.02. The van der Waals surface area contributed by atoms with Crippen LogP contribution >= 0.6 is 0 Å². The Hall–Kier alpha value is -2.75. The van der Waals surface area contributed by atoms with Gasteiger partial charge < -0.3 is 0 Å². The molecule has 0 saturated heterocycles. The smallest absolute Gasteiger partial charge is 0.287 e. The van der Waals surface area contributed by atoms with E-state index in [4.69, 9.17) is 0 Å². The molecule has 0 N–H and O–H groups in total. The molecule has 0 fully saturated rings. The molecule has 0 aliphatic heterocycles. The lowest BCUT2D eigenvalue weighted by Crippen LogP contribution is -2.01. The van der Waals surface area contributed by atoms with Crippen molar-refractivity contribution in [2.45, 2.75) is 6.92 Å². The molecule has 0 aliphatic rings. The highest BCUT2D eigenvalue weighted by atomic mass is 16.6. The average molecular weight is 267 g/mol. The fourth-order valence-electron chi connectivity index (χ4n) is 1.93. The third-order valence-corrected chi connectivity index (χ3v) is 2.88. The monoisotopic (exact) mass is 267 g/mol. The molecule has 100 valence electrons. The highest BCUT2D eigenvalue weighted by Crippen LogP contribution is 2.26. The number of rotatable bonds is 4. The first-order chi connectivity index (χ1) is 9.59. The van der Waals surface area contributed by atoms with Gasteiger partial charge in [0.15, 0.2) is 5.78 Å². The molecule has 2 rings (SSSR count). The molecule has 0 amide bonds. The van der Waals surface area contributed by atoms with Crippen molar-refractivity contribution in [2.24, 2.45) is 0 Å². The van der Waals surface area contributed by atoms with Gasteiger partial charge in [0.2, 0.25) is 0 Å².